The highest BCUT2D eigenvalue weighted by Crippen LogP contribution is 2.18. The summed E-state index contributed by atoms with van der Waals surface area (Å²) in [5.41, 5.74) is 0. The minimum atomic E-state index is -4.07. The molecule has 0 bridgehead atoms. The second-order valence-corrected chi connectivity index (χ2v) is 4.64. The number of nitrogens with one attached hydrogen (secondary N) is 1. The van der Waals surface area contributed by atoms with Crippen molar-refractivity contribution < 1.29 is 13.2 Å². The normalized spacial score (nSPS) is 17.1. The van der Waals surface area contributed by atoms with Crippen molar-refractivity contribution in [3.8, 4) is 0 Å². The zero-order chi connectivity index (χ0) is 12.0. The van der Waals surface area contributed by atoms with Gasteiger partial charge in [0.05, 0.1) is 6.54 Å². The predicted octanol–water partition coefficient (Wildman–Crippen LogP) is 2.40. The fourth-order valence-electron chi connectivity index (χ4n) is 1.66. The molecule has 0 heterocycles. The van der Waals surface area contributed by atoms with Crippen molar-refractivity contribution in [1.82, 2.24) is 10.2 Å². The van der Waals surface area contributed by atoms with E-state index in [0.717, 1.165) is 31.8 Å². The molecule has 1 aliphatic carbocycles. The first-order valence-corrected chi connectivity index (χ1v) is 5.96. The minimum absolute atomic E-state index is 0.531. The van der Waals surface area contributed by atoms with Gasteiger partial charge < -0.3 is 5.32 Å². The van der Waals surface area contributed by atoms with Crippen LogP contribution in [0.1, 0.15) is 32.1 Å². The van der Waals surface area contributed by atoms with E-state index in [0.29, 0.717) is 6.54 Å². The molecule has 5 heteroatoms. The Morgan fingerprint density at radius 3 is 2.44 bits per heavy atom. The molecule has 0 atom stereocenters. The SMILES string of the molecule is CN(CCCCCNC1CC1)CC(F)(F)F. The van der Waals surface area contributed by atoms with Gasteiger partial charge in [-0.05, 0) is 45.8 Å². The van der Waals surface area contributed by atoms with E-state index < -0.39 is 12.7 Å². The Balaban J connectivity index is 1.85. The Morgan fingerprint density at radius 1 is 1.19 bits per heavy atom. The molecule has 1 saturated carbocycles. The largest absolute Gasteiger partial charge is 0.401 e. The van der Waals surface area contributed by atoms with Crippen molar-refractivity contribution in [2.45, 2.75) is 44.3 Å². The van der Waals surface area contributed by atoms with E-state index in [-0.39, 0.29) is 0 Å². The third-order valence-corrected chi connectivity index (χ3v) is 2.68. The molecule has 1 N–H and O–H groups in total. The van der Waals surface area contributed by atoms with Crippen LogP contribution in [0.25, 0.3) is 0 Å². The van der Waals surface area contributed by atoms with Gasteiger partial charge in [-0.3, -0.25) is 4.90 Å². The van der Waals surface area contributed by atoms with E-state index in [1.807, 2.05) is 0 Å². The maximum absolute atomic E-state index is 12.0. The van der Waals surface area contributed by atoms with Crippen LogP contribution in [0.2, 0.25) is 0 Å². The van der Waals surface area contributed by atoms with Crippen LogP contribution in [0.5, 0.6) is 0 Å². The highest BCUT2D eigenvalue weighted by atomic mass is 19.4. The zero-order valence-corrected chi connectivity index (χ0v) is 9.82. The lowest BCUT2D eigenvalue weighted by Crippen LogP contribution is -2.31. The van der Waals surface area contributed by atoms with E-state index in [9.17, 15) is 13.2 Å². The summed E-state index contributed by atoms with van der Waals surface area (Å²) in [6.45, 7) is 0.740. The molecule has 2 nitrogen and oxygen atoms in total. The van der Waals surface area contributed by atoms with Crippen molar-refractivity contribution in [2.75, 3.05) is 26.7 Å². The summed E-state index contributed by atoms with van der Waals surface area (Å²) in [4.78, 5) is 1.34. The van der Waals surface area contributed by atoms with Crippen molar-refractivity contribution in [2.24, 2.45) is 0 Å². The number of alkyl halides is 3. The molecule has 0 aromatic carbocycles. The molecular weight excluding hydrogens is 217 g/mol. The van der Waals surface area contributed by atoms with Crippen LogP contribution in [-0.4, -0.2) is 43.8 Å². The van der Waals surface area contributed by atoms with Crippen LogP contribution >= 0.6 is 0 Å². The summed E-state index contributed by atoms with van der Waals surface area (Å²) in [5, 5.41) is 3.39. The molecule has 0 saturated heterocycles. The topological polar surface area (TPSA) is 15.3 Å². The molecular formula is C11H21F3N2. The highest BCUT2D eigenvalue weighted by molar-refractivity contribution is 4.80. The van der Waals surface area contributed by atoms with Gasteiger partial charge in [-0.25, -0.2) is 0 Å². The van der Waals surface area contributed by atoms with Crippen LogP contribution < -0.4 is 5.32 Å². The smallest absolute Gasteiger partial charge is 0.314 e. The summed E-state index contributed by atoms with van der Waals surface area (Å²) in [6, 6.07) is 0.730. The van der Waals surface area contributed by atoms with Crippen molar-refractivity contribution in [3.63, 3.8) is 0 Å². The Hall–Kier alpha value is -0.290. The molecule has 1 fully saturated rings. The molecule has 0 amide bonds. The molecule has 0 unspecified atom stereocenters. The van der Waals surface area contributed by atoms with Gasteiger partial charge in [-0.2, -0.15) is 13.2 Å². The number of hydrogen-bond acceptors (Lipinski definition) is 2. The van der Waals surface area contributed by atoms with E-state index in [1.54, 1.807) is 0 Å². The number of hydrogen-bond donors (Lipinski definition) is 1. The third-order valence-electron chi connectivity index (χ3n) is 2.68. The first kappa shape index (κ1) is 13.8. The van der Waals surface area contributed by atoms with Crippen LogP contribution in [0, 0.1) is 0 Å². The second-order valence-electron chi connectivity index (χ2n) is 4.64. The molecule has 1 rings (SSSR count). The lowest BCUT2D eigenvalue weighted by atomic mass is 10.2. The van der Waals surface area contributed by atoms with Crippen LogP contribution in [0.4, 0.5) is 13.2 Å². The Kier molecular flexibility index (Phi) is 5.55. The summed E-state index contributed by atoms with van der Waals surface area (Å²) in [5.74, 6) is 0. The quantitative estimate of drug-likeness (QED) is 0.653. The third kappa shape index (κ3) is 7.93. The molecule has 16 heavy (non-hydrogen) atoms. The van der Waals surface area contributed by atoms with Crippen molar-refractivity contribution >= 4 is 0 Å². The molecule has 0 aliphatic heterocycles. The lowest BCUT2D eigenvalue weighted by molar-refractivity contribution is -0.143. The summed E-state index contributed by atoms with van der Waals surface area (Å²) >= 11 is 0. The van der Waals surface area contributed by atoms with E-state index in [2.05, 4.69) is 5.32 Å². The van der Waals surface area contributed by atoms with E-state index >= 15 is 0 Å². The van der Waals surface area contributed by atoms with Crippen molar-refractivity contribution in [3.05, 3.63) is 0 Å². The van der Waals surface area contributed by atoms with Gasteiger partial charge in [0.2, 0.25) is 0 Å². The fourth-order valence-corrected chi connectivity index (χ4v) is 1.66. The Labute approximate surface area is 95.2 Å². The Morgan fingerprint density at radius 2 is 1.88 bits per heavy atom. The average Bonchev–Trinajstić information content (AvgIpc) is 2.91. The van der Waals surface area contributed by atoms with Gasteiger partial charge in [-0.15, -0.1) is 0 Å². The monoisotopic (exact) mass is 238 g/mol. The molecule has 0 spiro atoms. The molecule has 96 valence electrons. The first-order valence-electron chi connectivity index (χ1n) is 5.96. The van der Waals surface area contributed by atoms with Gasteiger partial charge in [-0.1, -0.05) is 6.42 Å². The van der Waals surface area contributed by atoms with E-state index in [4.69, 9.17) is 0 Å². The number of halogens is 3. The van der Waals surface area contributed by atoms with Crippen LogP contribution in [-0.2, 0) is 0 Å². The van der Waals surface area contributed by atoms with Crippen molar-refractivity contribution in [1.29, 1.82) is 0 Å². The molecule has 1 aliphatic rings. The maximum atomic E-state index is 12.0. The van der Waals surface area contributed by atoms with Crippen LogP contribution in [0.15, 0.2) is 0 Å². The number of rotatable bonds is 8. The van der Waals surface area contributed by atoms with Gasteiger partial charge in [0.25, 0.3) is 0 Å². The van der Waals surface area contributed by atoms with Crippen LogP contribution in [0.3, 0.4) is 0 Å². The standard InChI is InChI=1S/C11H21F3N2/c1-16(9-11(12,13)14)8-4-2-3-7-15-10-5-6-10/h10,15H,2-9H2,1H3. The molecule has 0 aromatic heterocycles. The predicted molar refractivity (Wildman–Crippen MR) is 58.4 cm³/mol. The first-order chi connectivity index (χ1) is 7.47. The maximum Gasteiger partial charge on any atom is 0.401 e. The van der Waals surface area contributed by atoms with Gasteiger partial charge >= 0.3 is 6.18 Å². The number of unbranched alkanes of at least 4 members (excludes halogenated alkanes) is 2. The lowest BCUT2D eigenvalue weighted by Gasteiger charge is -2.18. The highest BCUT2D eigenvalue weighted by Gasteiger charge is 2.28. The zero-order valence-electron chi connectivity index (χ0n) is 9.82. The van der Waals surface area contributed by atoms with Gasteiger partial charge in [0, 0.05) is 6.04 Å². The van der Waals surface area contributed by atoms with Gasteiger partial charge in [0.15, 0.2) is 0 Å². The summed E-state index contributed by atoms with van der Waals surface area (Å²) in [6.07, 6.45) is 1.42. The summed E-state index contributed by atoms with van der Waals surface area (Å²) in [7, 11) is 1.52. The molecule has 0 aromatic rings. The fraction of sp³-hybridized carbons (Fsp3) is 1.00. The summed E-state index contributed by atoms with van der Waals surface area (Å²) < 4.78 is 35.9. The van der Waals surface area contributed by atoms with Gasteiger partial charge in [0.1, 0.15) is 0 Å². The van der Waals surface area contributed by atoms with E-state index in [1.165, 1.54) is 24.8 Å². The minimum Gasteiger partial charge on any atom is -0.314 e. The number of nitrogens with zero attached hydrogens (tertiary/aromatic N) is 1. The molecule has 0 radical (unpaired) electrons. The Bertz CT molecular complexity index is 190. The average molecular weight is 238 g/mol. The second kappa shape index (κ2) is 6.45.